The smallest absolute Gasteiger partial charge is 0.221 e. The van der Waals surface area contributed by atoms with Gasteiger partial charge in [-0.05, 0) is 37.0 Å². The van der Waals surface area contributed by atoms with Crippen molar-refractivity contribution in [3.05, 3.63) is 34.9 Å². The number of carbonyl (C=O) groups is 3. The van der Waals surface area contributed by atoms with E-state index in [1.54, 1.807) is 6.07 Å². The molecule has 0 radical (unpaired) electrons. The van der Waals surface area contributed by atoms with Crippen molar-refractivity contribution < 1.29 is 14.4 Å². The number of hydrogen-bond donors (Lipinski definition) is 1. The average Bonchev–Trinajstić information content (AvgIpc) is 3.23. The Balaban J connectivity index is 1.53. The van der Waals surface area contributed by atoms with E-state index >= 15 is 0 Å². The van der Waals surface area contributed by atoms with Crippen molar-refractivity contribution in [2.24, 2.45) is 5.41 Å². The summed E-state index contributed by atoms with van der Waals surface area (Å²) in [5.74, 6) is -0.886. The lowest BCUT2D eigenvalue weighted by molar-refractivity contribution is -0.139. The largest absolute Gasteiger partial charge is 0.346 e. The molecule has 1 amide bonds. The number of rotatable bonds is 4. The number of Topliss-reactive ketones (excluding diaryl/α,β-unsaturated/α-hetero) is 2. The van der Waals surface area contributed by atoms with Crippen LogP contribution in [0.3, 0.4) is 0 Å². The number of carbonyl (C=O) groups excluding carboxylic acids is 3. The van der Waals surface area contributed by atoms with Gasteiger partial charge in [0.25, 0.3) is 0 Å². The molecule has 3 aliphatic rings. The first-order valence-corrected chi connectivity index (χ1v) is 7.50. The summed E-state index contributed by atoms with van der Waals surface area (Å²) in [6.07, 6.45) is 2.22. The van der Waals surface area contributed by atoms with E-state index in [4.69, 9.17) is 11.6 Å². The van der Waals surface area contributed by atoms with Gasteiger partial charge in [-0.2, -0.15) is 0 Å². The monoisotopic (exact) mass is 303 g/mol. The summed E-state index contributed by atoms with van der Waals surface area (Å²) < 4.78 is 0. The fraction of sp³-hybridized carbons (Fsp3) is 0.438. The number of amides is 1. The summed E-state index contributed by atoms with van der Waals surface area (Å²) in [6.45, 7) is 0. The van der Waals surface area contributed by atoms with Gasteiger partial charge in [-0.3, -0.25) is 14.4 Å². The SMILES string of the molecule is O=C1CCC(C(=O)C(=O)C23CC2(c2cccc(Cl)c2)C3)N1. The fourth-order valence-electron chi connectivity index (χ4n) is 3.74. The summed E-state index contributed by atoms with van der Waals surface area (Å²) in [7, 11) is 0. The Kier molecular flexibility index (Phi) is 2.45. The lowest BCUT2D eigenvalue weighted by Crippen LogP contribution is -2.39. The first-order chi connectivity index (χ1) is 9.98. The molecule has 1 aromatic carbocycles. The van der Waals surface area contributed by atoms with E-state index < -0.39 is 17.2 Å². The van der Waals surface area contributed by atoms with Crippen LogP contribution in [-0.2, 0) is 19.8 Å². The minimum Gasteiger partial charge on any atom is -0.346 e. The highest BCUT2D eigenvalue weighted by atomic mass is 35.5. The molecule has 5 heteroatoms. The van der Waals surface area contributed by atoms with Crippen molar-refractivity contribution in [2.75, 3.05) is 0 Å². The summed E-state index contributed by atoms with van der Waals surface area (Å²) in [4.78, 5) is 35.9. The number of hydrogen-bond acceptors (Lipinski definition) is 3. The number of benzene rings is 1. The lowest BCUT2D eigenvalue weighted by Gasteiger charge is -2.08. The van der Waals surface area contributed by atoms with Gasteiger partial charge < -0.3 is 5.32 Å². The molecule has 1 atom stereocenters. The normalized spacial score (nSPS) is 35.9. The zero-order valence-corrected chi connectivity index (χ0v) is 12.1. The van der Waals surface area contributed by atoms with Crippen LogP contribution in [0.15, 0.2) is 24.3 Å². The van der Waals surface area contributed by atoms with E-state index in [0.717, 1.165) is 18.4 Å². The van der Waals surface area contributed by atoms with Crippen LogP contribution in [0.1, 0.15) is 31.2 Å². The molecular formula is C16H14ClNO3. The first kappa shape index (κ1) is 13.0. The Hall–Kier alpha value is -1.68. The zero-order valence-electron chi connectivity index (χ0n) is 11.3. The van der Waals surface area contributed by atoms with Gasteiger partial charge in [0.05, 0.1) is 6.04 Å². The predicted molar refractivity (Wildman–Crippen MR) is 76.0 cm³/mol. The molecule has 0 spiro atoms. The molecule has 0 bridgehead atoms. The van der Waals surface area contributed by atoms with Crippen LogP contribution >= 0.6 is 11.6 Å². The Morgan fingerprint density at radius 3 is 2.67 bits per heavy atom. The molecule has 1 aliphatic heterocycles. The van der Waals surface area contributed by atoms with E-state index in [0.29, 0.717) is 17.9 Å². The lowest BCUT2D eigenvalue weighted by atomic mass is 9.99. The van der Waals surface area contributed by atoms with E-state index in [-0.39, 0.29) is 17.1 Å². The molecule has 1 heterocycles. The molecule has 4 nitrogen and oxygen atoms in total. The summed E-state index contributed by atoms with van der Waals surface area (Å²) in [5, 5.41) is 3.23. The van der Waals surface area contributed by atoms with Crippen molar-refractivity contribution >= 4 is 29.1 Å². The highest BCUT2D eigenvalue weighted by molar-refractivity contribution is 6.44. The van der Waals surface area contributed by atoms with Crippen LogP contribution in [0, 0.1) is 5.41 Å². The molecular weight excluding hydrogens is 290 g/mol. The molecule has 1 unspecified atom stereocenters. The first-order valence-electron chi connectivity index (χ1n) is 7.13. The van der Waals surface area contributed by atoms with Crippen molar-refractivity contribution in [1.29, 1.82) is 0 Å². The third kappa shape index (κ3) is 1.65. The molecule has 1 saturated heterocycles. The standard InChI is InChI=1S/C16H14ClNO3/c17-10-3-1-2-9(6-10)15-7-16(15,8-15)14(21)13(20)11-4-5-12(19)18-11/h1-3,6,11H,4-5,7-8H2,(H,18,19). The van der Waals surface area contributed by atoms with Gasteiger partial charge in [-0.1, -0.05) is 23.7 Å². The molecule has 3 fully saturated rings. The Morgan fingerprint density at radius 2 is 2.05 bits per heavy atom. The minimum atomic E-state index is -0.613. The topological polar surface area (TPSA) is 63.2 Å². The van der Waals surface area contributed by atoms with Gasteiger partial charge in [0.2, 0.25) is 17.5 Å². The van der Waals surface area contributed by atoms with Crippen LogP contribution in [0.2, 0.25) is 5.02 Å². The van der Waals surface area contributed by atoms with Gasteiger partial charge >= 0.3 is 0 Å². The van der Waals surface area contributed by atoms with Crippen LogP contribution in [0.25, 0.3) is 0 Å². The van der Waals surface area contributed by atoms with E-state index in [9.17, 15) is 14.4 Å². The second kappa shape index (κ2) is 3.95. The van der Waals surface area contributed by atoms with Crippen LogP contribution in [0.5, 0.6) is 0 Å². The number of ketones is 2. The van der Waals surface area contributed by atoms with Gasteiger partial charge in [0.15, 0.2) is 0 Å². The highest BCUT2D eigenvalue weighted by Crippen LogP contribution is 2.86. The molecule has 108 valence electrons. The van der Waals surface area contributed by atoms with Gasteiger partial charge in [-0.25, -0.2) is 0 Å². The van der Waals surface area contributed by atoms with Crippen molar-refractivity contribution in [1.82, 2.24) is 5.32 Å². The third-order valence-corrected chi connectivity index (χ3v) is 5.46. The highest BCUT2D eigenvalue weighted by Gasteiger charge is 2.87. The molecule has 1 N–H and O–H groups in total. The Morgan fingerprint density at radius 1 is 1.29 bits per heavy atom. The number of nitrogens with one attached hydrogen (secondary N) is 1. The van der Waals surface area contributed by atoms with Crippen molar-refractivity contribution in [2.45, 2.75) is 37.1 Å². The van der Waals surface area contributed by atoms with Gasteiger partial charge in [0, 0.05) is 22.3 Å². The predicted octanol–water partition coefficient (Wildman–Crippen LogP) is 1.79. The van der Waals surface area contributed by atoms with Crippen LogP contribution in [0.4, 0.5) is 0 Å². The second-order valence-corrected chi connectivity index (χ2v) is 6.82. The molecule has 4 rings (SSSR count). The van der Waals surface area contributed by atoms with Gasteiger partial charge in [0.1, 0.15) is 0 Å². The maximum Gasteiger partial charge on any atom is 0.221 e. The van der Waals surface area contributed by atoms with E-state index in [2.05, 4.69) is 5.32 Å². The molecule has 21 heavy (non-hydrogen) atoms. The third-order valence-electron chi connectivity index (χ3n) is 5.22. The number of halogens is 1. The van der Waals surface area contributed by atoms with Crippen LogP contribution in [-0.4, -0.2) is 23.5 Å². The quantitative estimate of drug-likeness (QED) is 0.863. The molecule has 2 aliphatic carbocycles. The zero-order chi connectivity index (χ0) is 14.8. The molecule has 0 aromatic heterocycles. The van der Waals surface area contributed by atoms with E-state index in [1.165, 1.54) is 0 Å². The maximum atomic E-state index is 12.5. The van der Waals surface area contributed by atoms with Crippen LogP contribution < -0.4 is 5.32 Å². The second-order valence-electron chi connectivity index (χ2n) is 6.38. The Bertz CT molecular complexity index is 691. The molecule has 1 aromatic rings. The molecule has 2 saturated carbocycles. The van der Waals surface area contributed by atoms with E-state index in [1.807, 2.05) is 18.2 Å². The average molecular weight is 304 g/mol. The summed E-state index contributed by atoms with van der Waals surface area (Å²) in [5.41, 5.74) is 0.363. The van der Waals surface area contributed by atoms with Gasteiger partial charge in [-0.15, -0.1) is 0 Å². The summed E-state index contributed by atoms with van der Waals surface area (Å²) >= 11 is 6.01. The van der Waals surface area contributed by atoms with Crippen molar-refractivity contribution in [3.8, 4) is 0 Å². The summed E-state index contributed by atoms with van der Waals surface area (Å²) in [6, 6.07) is 6.91. The number of fused-ring (bicyclic) bond motifs is 1. The maximum absolute atomic E-state index is 12.5. The fourth-order valence-corrected chi connectivity index (χ4v) is 3.93. The Labute approximate surface area is 126 Å². The minimum absolute atomic E-state index is 0.147. The van der Waals surface area contributed by atoms with Crippen molar-refractivity contribution in [3.63, 3.8) is 0 Å².